The molecule has 222 valence electrons. The lowest BCUT2D eigenvalue weighted by molar-refractivity contribution is -0.143. The number of aliphatic hydroxyl groups excluding tert-OH is 1. The Morgan fingerprint density at radius 1 is 0.953 bits per heavy atom. The zero-order chi connectivity index (χ0) is 30.9. The van der Waals surface area contributed by atoms with E-state index < -0.39 is 42.4 Å². The van der Waals surface area contributed by atoms with Crippen molar-refractivity contribution < 1.29 is 40.8 Å². The average Bonchev–Trinajstić information content (AvgIpc) is 3.56. The summed E-state index contributed by atoms with van der Waals surface area (Å²) in [5.41, 5.74) is -2.67. The summed E-state index contributed by atoms with van der Waals surface area (Å²) in [5, 5.41) is 21.9. The molecule has 0 aliphatic rings. The maximum absolute atomic E-state index is 13.5. The Morgan fingerprint density at radius 2 is 1.60 bits per heavy atom. The molecule has 43 heavy (non-hydrogen) atoms. The van der Waals surface area contributed by atoms with Gasteiger partial charge in [-0.3, -0.25) is 9.78 Å². The van der Waals surface area contributed by atoms with Crippen molar-refractivity contribution in [3.8, 4) is 22.5 Å². The van der Waals surface area contributed by atoms with E-state index in [0.29, 0.717) is 17.7 Å². The van der Waals surface area contributed by atoms with Crippen molar-refractivity contribution in [3.05, 3.63) is 106 Å². The predicted octanol–water partition coefficient (Wildman–Crippen LogP) is 6.50. The van der Waals surface area contributed by atoms with Crippen LogP contribution in [0.4, 0.5) is 26.3 Å². The second-order valence-electron chi connectivity index (χ2n) is 9.21. The third-order valence-corrected chi connectivity index (χ3v) is 6.67. The first kappa shape index (κ1) is 29.9. The molecule has 1 N–H and O–H groups in total. The highest BCUT2D eigenvalue weighted by molar-refractivity contribution is 6.35. The second kappa shape index (κ2) is 11.6. The van der Waals surface area contributed by atoms with Gasteiger partial charge >= 0.3 is 12.4 Å². The van der Waals surface area contributed by atoms with Crippen LogP contribution in [0.2, 0.25) is 5.02 Å². The zero-order valence-corrected chi connectivity index (χ0v) is 22.4. The summed E-state index contributed by atoms with van der Waals surface area (Å²) < 4.78 is 87.6. The number of aromatic nitrogens is 5. The van der Waals surface area contributed by atoms with E-state index in [-0.39, 0.29) is 57.0 Å². The fourth-order valence-electron chi connectivity index (χ4n) is 4.44. The molecule has 0 bridgehead atoms. The number of pyridine rings is 1. The van der Waals surface area contributed by atoms with Crippen molar-refractivity contribution in [2.45, 2.75) is 25.3 Å². The van der Waals surface area contributed by atoms with Crippen molar-refractivity contribution in [1.82, 2.24) is 25.1 Å². The van der Waals surface area contributed by atoms with Crippen LogP contribution in [0.3, 0.4) is 0 Å². The van der Waals surface area contributed by atoms with Crippen molar-refractivity contribution in [1.29, 1.82) is 0 Å². The van der Waals surface area contributed by atoms with Crippen LogP contribution in [0.5, 0.6) is 0 Å². The number of nitrogens with zero attached hydrogens (tertiary/aromatic N) is 5. The summed E-state index contributed by atoms with van der Waals surface area (Å²) >= 11 is 6.22. The molecule has 0 saturated carbocycles. The van der Waals surface area contributed by atoms with Gasteiger partial charge in [-0.1, -0.05) is 34.1 Å². The van der Waals surface area contributed by atoms with Gasteiger partial charge in [0.25, 0.3) is 0 Å². The smallest absolute Gasteiger partial charge is 0.396 e. The molecule has 0 unspecified atom stereocenters. The van der Waals surface area contributed by atoms with Crippen LogP contribution in [0, 0.1) is 0 Å². The van der Waals surface area contributed by atoms with Gasteiger partial charge in [-0.25, -0.2) is 4.68 Å². The van der Waals surface area contributed by atoms with Crippen LogP contribution in [0.1, 0.15) is 38.5 Å². The zero-order valence-electron chi connectivity index (χ0n) is 21.6. The van der Waals surface area contributed by atoms with Crippen LogP contribution < -0.4 is 0 Å². The second-order valence-corrected chi connectivity index (χ2v) is 9.62. The molecule has 8 nitrogen and oxygen atoms in total. The maximum Gasteiger partial charge on any atom is 0.416 e. The molecule has 0 amide bonds. The summed E-state index contributed by atoms with van der Waals surface area (Å²) in [7, 11) is 0. The summed E-state index contributed by atoms with van der Waals surface area (Å²) in [6.45, 7) is -0.964. The highest BCUT2D eigenvalue weighted by Gasteiger charge is 2.37. The van der Waals surface area contributed by atoms with E-state index in [1.165, 1.54) is 36.7 Å². The number of halogens is 7. The summed E-state index contributed by atoms with van der Waals surface area (Å²) in [4.78, 5) is 17.5. The highest BCUT2D eigenvalue weighted by atomic mass is 35.5. The van der Waals surface area contributed by atoms with Gasteiger partial charge in [0.05, 0.1) is 39.6 Å². The first-order chi connectivity index (χ1) is 20.4. The predicted molar refractivity (Wildman–Crippen MR) is 140 cm³/mol. The minimum absolute atomic E-state index is 0.0191. The Kier molecular flexibility index (Phi) is 8.08. The standard InChI is InChI=1S/C28H18ClF6N5O3/c29-20-4-2-1-3-19(20)25(42)26-22(21(7-10-41)38-43-26)23-24(16-5-8-36-9-6-16)40(39-37-23)14-15-11-17(27(30,31)32)13-18(12-15)28(33,34)35/h1-6,8-9,11-13,41H,7,10,14H2. The highest BCUT2D eigenvalue weighted by Crippen LogP contribution is 2.39. The lowest BCUT2D eigenvalue weighted by Crippen LogP contribution is -2.13. The number of aliphatic hydroxyl groups is 1. The first-order valence-corrected chi connectivity index (χ1v) is 12.8. The maximum atomic E-state index is 13.5. The van der Waals surface area contributed by atoms with Gasteiger partial charge < -0.3 is 9.63 Å². The molecule has 0 saturated heterocycles. The fourth-order valence-corrected chi connectivity index (χ4v) is 4.66. The number of carbonyl (C=O) groups excluding carboxylic acids is 1. The van der Waals surface area contributed by atoms with Gasteiger partial charge in [-0.05, 0) is 48.0 Å². The molecular formula is C28H18ClF6N5O3. The van der Waals surface area contributed by atoms with Crippen molar-refractivity contribution in [3.63, 3.8) is 0 Å². The summed E-state index contributed by atoms with van der Waals surface area (Å²) in [6, 6.07) is 10.4. The van der Waals surface area contributed by atoms with Gasteiger partial charge in [-0.15, -0.1) is 5.10 Å². The van der Waals surface area contributed by atoms with E-state index in [0.717, 1.165) is 4.68 Å². The lowest BCUT2D eigenvalue weighted by Gasteiger charge is -2.15. The van der Waals surface area contributed by atoms with Crippen LogP contribution in [0.25, 0.3) is 22.5 Å². The number of alkyl halides is 6. The Morgan fingerprint density at radius 3 is 2.21 bits per heavy atom. The van der Waals surface area contributed by atoms with Crippen molar-refractivity contribution in [2.75, 3.05) is 6.61 Å². The number of hydrogen-bond donors (Lipinski definition) is 1. The minimum Gasteiger partial charge on any atom is -0.396 e. The van der Waals surface area contributed by atoms with E-state index in [9.17, 15) is 36.2 Å². The van der Waals surface area contributed by atoms with E-state index in [4.69, 9.17) is 16.1 Å². The van der Waals surface area contributed by atoms with Crippen LogP contribution in [-0.2, 0) is 25.3 Å². The Bertz CT molecular complexity index is 1750. The van der Waals surface area contributed by atoms with Gasteiger partial charge in [0, 0.05) is 36.5 Å². The molecule has 0 radical (unpaired) electrons. The van der Waals surface area contributed by atoms with E-state index in [1.54, 1.807) is 12.1 Å². The molecule has 0 fully saturated rings. The van der Waals surface area contributed by atoms with Gasteiger partial charge in [-0.2, -0.15) is 26.3 Å². The summed E-state index contributed by atoms with van der Waals surface area (Å²) in [5.74, 6) is -0.988. The van der Waals surface area contributed by atoms with Gasteiger partial charge in [0.2, 0.25) is 11.5 Å². The van der Waals surface area contributed by atoms with Crippen LogP contribution in [0.15, 0.2) is 71.5 Å². The van der Waals surface area contributed by atoms with Gasteiger partial charge in [0.1, 0.15) is 5.69 Å². The number of hydrogen-bond acceptors (Lipinski definition) is 7. The molecule has 3 heterocycles. The molecule has 0 aliphatic carbocycles. The molecule has 2 aromatic carbocycles. The molecule has 3 aromatic heterocycles. The fraction of sp³-hybridized carbons (Fsp3) is 0.179. The SMILES string of the molecule is O=C(c1ccccc1Cl)c1onc(CCO)c1-c1nnn(Cc2cc(C(F)(F)F)cc(C(F)(F)F)c2)c1-c1ccncc1. The number of benzene rings is 2. The van der Waals surface area contributed by atoms with E-state index in [1.807, 2.05) is 0 Å². The topological polar surface area (TPSA) is 107 Å². The minimum atomic E-state index is -5.05. The quantitative estimate of drug-likeness (QED) is 0.156. The third kappa shape index (κ3) is 6.15. The monoisotopic (exact) mass is 621 g/mol. The molecule has 5 aromatic rings. The van der Waals surface area contributed by atoms with E-state index in [2.05, 4.69) is 20.5 Å². The average molecular weight is 622 g/mol. The lowest BCUT2D eigenvalue weighted by atomic mass is 9.98. The number of ketones is 1. The van der Waals surface area contributed by atoms with E-state index >= 15 is 0 Å². The Labute approximate surface area is 243 Å². The molecule has 5 rings (SSSR count). The molecule has 15 heteroatoms. The largest absolute Gasteiger partial charge is 0.416 e. The van der Waals surface area contributed by atoms with Crippen LogP contribution >= 0.6 is 11.6 Å². The van der Waals surface area contributed by atoms with Crippen molar-refractivity contribution >= 4 is 17.4 Å². The Balaban J connectivity index is 1.71. The van der Waals surface area contributed by atoms with Crippen molar-refractivity contribution in [2.24, 2.45) is 0 Å². The number of rotatable bonds is 8. The molecule has 0 aliphatic heterocycles. The number of carbonyl (C=O) groups is 1. The normalized spacial score (nSPS) is 12.1. The molecule has 0 atom stereocenters. The first-order valence-electron chi connectivity index (χ1n) is 12.4. The molecular weight excluding hydrogens is 604 g/mol. The summed E-state index contributed by atoms with van der Waals surface area (Å²) in [6.07, 6.45) is -7.37. The Hall–Kier alpha value is -4.56. The third-order valence-electron chi connectivity index (χ3n) is 6.34. The van der Waals surface area contributed by atoms with Crippen LogP contribution in [-0.4, -0.2) is 42.6 Å². The van der Waals surface area contributed by atoms with Gasteiger partial charge in [0.15, 0.2) is 0 Å². The molecule has 0 spiro atoms.